The molecule has 0 aliphatic heterocycles. The molecule has 0 amide bonds. The summed E-state index contributed by atoms with van der Waals surface area (Å²) in [6.45, 7) is 0. The molecule has 3 aromatic rings. The zero-order valence-corrected chi connectivity index (χ0v) is 12.1. The van der Waals surface area contributed by atoms with E-state index < -0.39 is 11.5 Å². The standard InChI is InChI=1S/C15H13N5O3/c1-20-8-4-7-11(20)12-13(14(21)19-17-12)18-16-10-6-3-2-5-9(10)15(22)23/h2-8H,1H3,(H,22,23)(H2,17,19,21). The first-order valence-electron chi connectivity index (χ1n) is 6.74. The van der Waals surface area contributed by atoms with E-state index in [2.05, 4.69) is 20.4 Å². The average molecular weight is 311 g/mol. The van der Waals surface area contributed by atoms with Crippen molar-refractivity contribution < 1.29 is 9.90 Å². The highest BCUT2D eigenvalue weighted by Crippen LogP contribution is 2.27. The number of nitrogens with zero attached hydrogens (tertiary/aromatic N) is 3. The van der Waals surface area contributed by atoms with Gasteiger partial charge in [-0.1, -0.05) is 12.1 Å². The molecular weight excluding hydrogens is 298 g/mol. The van der Waals surface area contributed by atoms with Crippen molar-refractivity contribution in [3.05, 3.63) is 58.5 Å². The van der Waals surface area contributed by atoms with Crippen molar-refractivity contribution in [2.75, 3.05) is 0 Å². The highest BCUT2D eigenvalue weighted by atomic mass is 16.4. The summed E-state index contributed by atoms with van der Waals surface area (Å²) in [5, 5.41) is 22.2. The third-order valence-corrected chi connectivity index (χ3v) is 3.35. The third kappa shape index (κ3) is 2.69. The normalized spacial score (nSPS) is 11.2. The van der Waals surface area contributed by atoms with Gasteiger partial charge in [-0.15, -0.1) is 10.2 Å². The molecule has 0 aliphatic carbocycles. The zero-order chi connectivity index (χ0) is 16.4. The van der Waals surface area contributed by atoms with Crippen LogP contribution in [0, 0.1) is 0 Å². The third-order valence-electron chi connectivity index (χ3n) is 3.35. The van der Waals surface area contributed by atoms with E-state index in [0.717, 1.165) is 5.69 Å². The number of azo groups is 1. The summed E-state index contributed by atoms with van der Waals surface area (Å²) < 4.78 is 1.82. The Bertz CT molecular complexity index is 948. The average Bonchev–Trinajstić information content (AvgIpc) is 3.11. The van der Waals surface area contributed by atoms with E-state index in [9.17, 15) is 9.59 Å². The van der Waals surface area contributed by atoms with Crippen molar-refractivity contribution in [2.45, 2.75) is 0 Å². The lowest BCUT2D eigenvalue weighted by molar-refractivity contribution is 0.0698. The van der Waals surface area contributed by atoms with Crippen molar-refractivity contribution in [2.24, 2.45) is 17.3 Å². The highest BCUT2D eigenvalue weighted by molar-refractivity contribution is 5.93. The Kier molecular flexibility index (Phi) is 3.63. The van der Waals surface area contributed by atoms with Crippen LogP contribution in [0.15, 0.2) is 57.6 Å². The minimum atomic E-state index is -1.11. The van der Waals surface area contributed by atoms with E-state index in [4.69, 9.17) is 5.11 Å². The fraction of sp³-hybridized carbons (Fsp3) is 0.0667. The van der Waals surface area contributed by atoms with Gasteiger partial charge < -0.3 is 9.67 Å². The van der Waals surface area contributed by atoms with E-state index in [1.54, 1.807) is 12.1 Å². The number of carboxylic acids is 1. The Hall–Kier alpha value is -3.42. The van der Waals surface area contributed by atoms with Crippen molar-refractivity contribution in [1.29, 1.82) is 0 Å². The number of aromatic nitrogens is 3. The molecule has 2 heterocycles. The molecule has 0 spiro atoms. The molecule has 23 heavy (non-hydrogen) atoms. The quantitative estimate of drug-likeness (QED) is 0.643. The number of benzene rings is 1. The number of nitrogens with one attached hydrogen (secondary N) is 2. The SMILES string of the molecule is Cn1cccc1-c1[nH][nH]c(=O)c1N=Nc1ccccc1C(=O)O. The Labute approximate surface area is 130 Å². The first-order valence-corrected chi connectivity index (χ1v) is 6.74. The van der Waals surface area contributed by atoms with Crippen LogP contribution in [-0.2, 0) is 7.05 Å². The van der Waals surface area contributed by atoms with Crippen molar-refractivity contribution >= 4 is 17.3 Å². The van der Waals surface area contributed by atoms with Crippen molar-refractivity contribution in [3.8, 4) is 11.4 Å². The minimum absolute atomic E-state index is 0.0173. The van der Waals surface area contributed by atoms with E-state index >= 15 is 0 Å². The van der Waals surface area contributed by atoms with Crippen LogP contribution in [0.3, 0.4) is 0 Å². The molecule has 1 aromatic carbocycles. The topological polar surface area (TPSA) is 116 Å². The minimum Gasteiger partial charge on any atom is -0.478 e. The molecule has 0 saturated carbocycles. The van der Waals surface area contributed by atoms with Crippen LogP contribution in [0.1, 0.15) is 10.4 Å². The maximum Gasteiger partial charge on any atom is 0.337 e. The second-order valence-corrected chi connectivity index (χ2v) is 4.83. The van der Waals surface area contributed by atoms with Crippen molar-refractivity contribution in [1.82, 2.24) is 14.8 Å². The monoisotopic (exact) mass is 311 g/mol. The Morgan fingerprint density at radius 1 is 1.13 bits per heavy atom. The Balaban J connectivity index is 2.05. The molecule has 0 saturated heterocycles. The predicted molar refractivity (Wildman–Crippen MR) is 83.4 cm³/mol. The van der Waals surface area contributed by atoms with Crippen LogP contribution < -0.4 is 5.56 Å². The molecule has 116 valence electrons. The summed E-state index contributed by atoms with van der Waals surface area (Å²) in [6, 6.07) is 9.86. The van der Waals surface area contributed by atoms with E-state index in [0.29, 0.717) is 5.69 Å². The van der Waals surface area contributed by atoms with Gasteiger partial charge in [0.15, 0.2) is 5.69 Å². The second kappa shape index (κ2) is 5.76. The summed E-state index contributed by atoms with van der Waals surface area (Å²) in [5.74, 6) is -1.11. The molecule has 0 atom stereocenters. The lowest BCUT2D eigenvalue weighted by Gasteiger charge is -2.01. The van der Waals surface area contributed by atoms with Gasteiger partial charge in [0.05, 0.1) is 11.3 Å². The summed E-state index contributed by atoms with van der Waals surface area (Å²) in [5.41, 5.74) is 1.09. The van der Waals surface area contributed by atoms with Crippen LogP contribution >= 0.6 is 0 Å². The van der Waals surface area contributed by atoms with E-state index in [-0.39, 0.29) is 16.9 Å². The number of carboxylic acid groups (broad SMARTS) is 1. The Morgan fingerprint density at radius 3 is 2.61 bits per heavy atom. The second-order valence-electron chi connectivity index (χ2n) is 4.83. The lowest BCUT2D eigenvalue weighted by atomic mass is 10.2. The predicted octanol–water partition coefficient (Wildman–Crippen LogP) is 2.82. The molecule has 2 aromatic heterocycles. The van der Waals surface area contributed by atoms with Gasteiger partial charge in [-0.05, 0) is 24.3 Å². The molecule has 8 heteroatoms. The van der Waals surface area contributed by atoms with Crippen LogP contribution in [0.5, 0.6) is 0 Å². The van der Waals surface area contributed by atoms with Gasteiger partial charge in [0.1, 0.15) is 11.4 Å². The summed E-state index contributed by atoms with van der Waals surface area (Å²) in [6.07, 6.45) is 1.83. The summed E-state index contributed by atoms with van der Waals surface area (Å²) in [7, 11) is 1.83. The van der Waals surface area contributed by atoms with Gasteiger partial charge in [-0.2, -0.15) is 0 Å². The summed E-state index contributed by atoms with van der Waals surface area (Å²) in [4.78, 5) is 23.1. The number of carbonyl (C=O) groups is 1. The molecule has 8 nitrogen and oxygen atoms in total. The van der Waals surface area contributed by atoms with Crippen LogP contribution in [-0.4, -0.2) is 25.8 Å². The molecular formula is C15H13N5O3. The maximum absolute atomic E-state index is 11.9. The van der Waals surface area contributed by atoms with Gasteiger partial charge in [0.2, 0.25) is 0 Å². The van der Waals surface area contributed by atoms with Crippen LogP contribution in [0.4, 0.5) is 11.4 Å². The van der Waals surface area contributed by atoms with Crippen molar-refractivity contribution in [3.63, 3.8) is 0 Å². The largest absolute Gasteiger partial charge is 0.478 e. The Morgan fingerprint density at radius 2 is 1.91 bits per heavy atom. The molecule has 0 unspecified atom stereocenters. The number of aryl methyl sites for hydroxylation is 1. The molecule has 0 aliphatic rings. The molecule has 0 fully saturated rings. The lowest BCUT2D eigenvalue weighted by Crippen LogP contribution is -1.97. The first kappa shape index (κ1) is 14.5. The van der Waals surface area contributed by atoms with Crippen LogP contribution in [0.25, 0.3) is 11.4 Å². The maximum atomic E-state index is 11.9. The van der Waals surface area contributed by atoms with E-state index in [1.165, 1.54) is 12.1 Å². The van der Waals surface area contributed by atoms with E-state index in [1.807, 2.05) is 29.9 Å². The number of aromatic carboxylic acids is 1. The van der Waals surface area contributed by atoms with Gasteiger partial charge >= 0.3 is 5.97 Å². The number of hydrogen-bond donors (Lipinski definition) is 3. The number of rotatable bonds is 4. The fourth-order valence-electron chi connectivity index (χ4n) is 2.20. The summed E-state index contributed by atoms with van der Waals surface area (Å²) >= 11 is 0. The van der Waals surface area contributed by atoms with Crippen LogP contribution in [0.2, 0.25) is 0 Å². The number of H-pyrrole nitrogens is 2. The zero-order valence-electron chi connectivity index (χ0n) is 12.1. The first-order chi connectivity index (χ1) is 11.1. The fourth-order valence-corrected chi connectivity index (χ4v) is 2.20. The highest BCUT2D eigenvalue weighted by Gasteiger charge is 2.14. The molecule has 0 radical (unpaired) electrons. The number of hydrogen-bond acceptors (Lipinski definition) is 4. The smallest absolute Gasteiger partial charge is 0.337 e. The number of aromatic amines is 2. The molecule has 3 N–H and O–H groups in total. The van der Waals surface area contributed by atoms with Gasteiger partial charge in [0.25, 0.3) is 5.56 Å². The van der Waals surface area contributed by atoms with Gasteiger partial charge in [-0.3, -0.25) is 15.0 Å². The molecule has 0 bridgehead atoms. The molecule has 3 rings (SSSR count). The van der Waals surface area contributed by atoms with Gasteiger partial charge in [0, 0.05) is 13.2 Å². The van der Waals surface area contributed by atoms with Gasteiger partial charge in [-0.25, -0.2) is 4.79 Å².